The van der Waals surface area contributed by atoms with Crippen LogP contribution in [0.25, 0.3) is 0 Å². The van der Waals surface area contributed by atoms with Gasteiger partial charge in [0.2, 0.25) is 0 Å². The highest BCUT2D eigenvalue weighted by Gasteiger charge is 2.54. The Morgan fingerprint density at radius 3 is 1.95 bits per heavy atom. The summed E-state index contributed by atoms with van der Waals surface area (Å²) in [7, 11) is -1.54. The van der Waals surface area contributed by atoms with Crippen molar-refractivity contribution >= 4 is 12.6 Å². The van der Waals surface area contributed by atoms with Crippen molar-refractivity contribution in [3.05, 3.63) is 23.5 Å². The molecule has 116 valence electrons. The number of benzene rings is 1. The molecule has 0 aromatic heterocycles. The van der Waals surface area contributed by atoms with Gasteiger partial charge in [0.15, 0.2) is 11.6 Å². The summed E-state index contributed by atoms with van der Waals surface area (Å²) in [6, 6.07) is 1.27. The molecule has 21 heavy (non-hydrogen) atoms. The van der Waals surface area contributed by atoms with E-state index in [2.05, 4.69) is 0 Å². The first-order valence-electron chi connectivity index (χ1n) is 6.31. The van der Waals surface area contributed by atoms with Gasteiger partial charge in [-0.1, -0.05) is 0 Å². The van der Waals surface area contributed by atoms with Crippen molar-refractivity contribution in [2.45, 2.75) is 45.1 Å². The van der Waals surface area contributed by atoms with Gasteiger partial charge in [-0.25, -0.2) is 4.39 Å². The van der Waals surface area contributed by atoms with Crippen molar-refractivity contribution in [2.24, 2.45) is 0 Å². The molecule has 1 aromatic carbocycles. The van der Waals surface area contributed by atoms with E-state index >= 15 is 0 Å². The normalized spacial score (nSPS) is 20.9. The Morgan fingerprint density at radius 2 is 1.52 bits per heavy atom. The van der Waals surface area contributed by atoms with Crippen molar-refractivity contribution < 1.29 is 32.0 Å². The number of aromatic hydroxyl groups is 1. The molecule has 1 fully saturated rings. The number of phenolic OH excluding ortho intramolecular Hbond substituents is 1. The molecule has 1 aliphatic heterocycles. The third-order valence-corrected chi connectivity index (χ3v) is 3.95. The molecule has 0 unspecified atom stereocenters. The molecule has 8 heteroatoms. The summed E-state index contributed by atoms with van der Waals surface area (Å²) in [5, 5.41) is 9.36. The van der Waals surface area contributed by atoms with Gasteiger partial charge in [0.05, 0.1) is 16.8 Å². The molecule has 0 aliphatic carbocycles. The molecule has 1 heterocycles. The summed E-state index contributed by atoms with van der Waals surface area (Å²) in [6.07, 6.45) is -4.78. The number of alkyl halides is 3. The number of halogens is 4. The second-order valence-electron chi connectivity index (χ2n) is 5.95. The van der Waals surface area contributed by atoms with Gasteiger partial charge >= 0.3 is 13.3 Å². The van der Waals surface area contributed by atoms with E-state index in [-0.39, 0.29) is 0 Å². The van der Waals surface area contributed by atoms with Crippen LogP contribution >= 0.6 is 0 Å². The Hall–Kier alpha value is -1.28. The van der Waals surface area contributed by atoms with Gasteiger partial charge in [-0.2, -0.15) is 13.2 Å². The van der Waals surface area contributed by atoms with E-state index < -0.39 is 47.1 Å². The fourth-order valence-corrected chi connectivity index (χ4v) is 2.02. The fourth-order valence-electron chi connectivity index (χ4n) is 2.02. The monoisotopic (exact) mass is 306 g/mol. The van der Waals surface area contributed by atoms with E-state index in [9.17, 15) is 22.7 Å². The number of hydrogen-bond donors (Lipinski definition) is 1. The molecular formula is C13H15BF4O3. The molecular weight excluding hydrogens is 291 g/mol. The lowest BCUT2D eigenvalue weighted by Crippen LogP contribution is -2.41. The maximum Gasteiger partial charge on any atom is 0.498 e. The molecule has 0 amide bonds. The summed E-state index contributed by atoms with van der Waals surface area (Å²) in [5.74, 6) is -2.27. The Labute approximate surface area is 120 Å². The topological polar surface area (TPSA) is 38.7 Å². The molecule has 2 rings (SSSR count). The summed E-state index contributed by atoms with van der Waals surface area (Å²) >= 11 is 0. The molecule has 1 aromatic rings. The zero-order valence-corrected chi connectivity index (χ0v) is 12.0. The van der Waals surface area contributed by atoms with Crippen LogP contribution in [0.15, 0.2) is 12.1 Å². The fraction of sp³-hybridized carbons (Fsp3) is 0.538. The van der Waals surface area contributed by atoms with Crippen LogP contribution in [-0.2, 0) is 15.5 Å². The molecule has 1 aliphatic rings. The first-order chi connectivity index (χ1) is 9.37. The lowest BCUT2D eigenvalue weighted by Gasteiger charge is -2.32. The van der Waals surface area contributed by atoms with Gasteiger partial charge in [0.25, 0.3) is 0 Å². The Morgan fingerprint density at radius 1 is 1.05 bits per heavy atom. The summed E-state index contributed by atoms with van der Waals surface area (Å²) in [4.78, 5) is 0. The van der Waals surface area contributed by atoms with Crippen LogP contribution in [0, 0.1) is 5.82 Å². The van der Waals surface area contributed by atoms with E-state index in [0.717, 1.165) is 0 Å². The third kappa shape index (κ3) is 2.62. The van der Waals surface area contributed by atoms with Crippen LogP contribution in [0.4, 0.5) is 17.6 Å². The van der Waals surface area contributed by atoms with Crippen LogP contribution in [-0.4, -0.2) is 23.4 Å². The van der Waals surface area contributed by atoms with Crippen LogP contribution in [0.5, 0.6) is 5.75 Å². The molecule has 1 N–H and O–H groups in total. The molecule has 0 saturated carbocycles. The van der Waals surface area contributed by atoms with Gasteiger partial charge in [-0.15, -0.1) is 0 Å². The largest absolute Gasteiger partial charge is 0.505 e. The zero-order chi connectivity index (χ0) is 16.2. The van der Waals surface area contributed by atoms with E-state index in [1.165, 1.54) is 0 Å². The standard InChI is InChI=1S/C13H15BF4O3/c1-11(2)12(3,4)21-14(20-11)9-7(13(16,17)18)5-6-8(19)10(9)15/h5-6,19H,1-4H3. The minimum atomic E-state index is -4.78. The highest BCUT2D eigenvalue weighted by Crippen LogP contribution is 2.39. The van der Waals surface area contributed by atoms with Gasteiger partial charge in [0, 0.05) is 5.46 Å². The van der Waals surface area contributed by atoms with Crippen LogP contribution in [0.2, 0.25) is 0 Å². The molecule has 3 nitrogen and oxygen atoms in total. The highest BCUT2D eigenvalue weighted by molar-refractivity contribution is 6.62. The van der Waals surface area contributed by atoms with E-state index in [4.69, 9.17) is 9.31 Å². The summed E-state index contributed by atoms with van der Waals surface area (Å²) in [5.41, 5.74) is -3.89. The second kappa shape index (κ2) is 4.61. The number of rotatable bonds is 1. The predicted molar refractivity (Wildman–Crippen MR) is 68.8 cm³/mol. The quantitative estimate of drug-likeness (QED) is 0.640. The number of phenols is 1. The predicted octanol–water partition coefficient (Wildman–Crippen LogP) is 2.85. The van der Waals surface area contributed by atoms with Crippen molar-refractivity contribution in [1.82, 2.24) is 0 Å². The minimum Gasteiger partial charge on any atom is -0.505 e. The van der Waals surface area contributed by atoms with Crippen molar-refractivity contribution in [1.29, 1.82) is 0 Å². The third-order valence-electron chi connectivity index (χ3n) is 3.95. The van der Waals surface area contributed by atoms with Gasteiger partial charge in [-0.3, -0.25) is 0 Å². The molecule has 0 spiro atoms. The van der Waals surface area contributed by atoms with Gasteiger partial charge < -0.3 is 14.4 Å². The lowest BCUT2D eigenvalue weighted by molar-refractivity contribution is -0.137. The molecule has 0 bridgehead atoms. The van der Waals surface area contributed by atoms with Crippen LogP contribution in [0.1, 0.15) is 33.3 Å². The summed E-state index contributed by atoms with van der Waals surface area (Å²) in [6.45, 7) is 6.56. The highest BCUT2D eigenvalue weighted by atomic mass is 19.4. The smallest absolute Gasteiger partial charge is 0.498 e. The van der Waals surface area contributed by atoms with Crippen LogP contribution < -0.4 is 5.46 Å². The van der Waals surface area contributed by atoms with Gasteiger partial charge in [0.1, 0.15) is 0 Å². The first-order valence-corrected chi connectivity index (χ1v) is 6.31. The zero-order valence-electron chi connectivity index (χ0n) is 12.0. The lowest BCUT2D eigenvalue weighted by atomic mass is 9.75. The molecule has 0 radical (unpaired) electrons. The van der Waals surface area contributed by atoms with Gasteiger partial charge in [-0.05, 0) is 39.8 Å². The SMILES string of the molecule is CC1(C)OB(c2c(C(F)(F)F)ccc(O)c2F)OC1(C)C. The van der Waals surface area contributed by atoms with Crippen molar-refractivity contribution in [3.8, 4) is 5.75 Å². The second-order valence-corrected chi connectivity index (χ2v) is 5.95. The van der Waals surface area contributed by atoms with E-state index in [1.54, 1.807) is 27.7 Å². The van der Waals surface area contributed by atoms with Crippen LogP contribution in [0.3, 0.4) is 0 Å². The Bertz CT molecular complexity index is 553. The molecule has 1 saturated heterocycles. The maximum atomic E-state index is 14.0. The average Bonchev–Trinajstić information content (AvgIpc) is 2.49. The van der Waals surface area contributed by atoms with E-state index in [1.807, 2.05) is 0 Å². The van der Waals surface area contributed by atoms with Crippen molar-refractivity contribution in [3.63, 3.8) is 0 Å². The maximum absolute atomic E-state index is 14.0. The summed E-state index contributed by atoms with van der Waals surface area (Å²) < 4.78 is 64.1. The molecule has 0 atom stereocenters. The Kier molecular flexibility index (Phi) is 3.53. The average molecular weight is 306 g/mol. The first kappa shape index (κ1) is 16.1. The number of hydrogen-bond acceptors (Lipinski definition) is 3. The van der Waals surface area contributed by atoms with E-state index in [0.29, 0.717) is 12.1 Å². The minimum absolute atomic E-state index is 0.610. The van der Waals surface area contributed by atoms with Crippen molar-refractivity contribution in [2.75, 3.05) is 0 Å². The Balaban J connectivity index is 2.57.